The summed E-state index contributed by atoms with van der Waals surface area (Å²) in [7, 11) is 0. The largest absolute Gasteiger partial charge is 0.508 e. The number of benzene rings is 1. The number of hydrogen-bond acceptors (Lipinski definition) is 6. The SMILES string of the molecule is O=C1C=C(NC(=O)SNc2ccc(O)cc2)CO1. The summed E-state index contributed by atoms with van der Waals surface area (Å²) in [4.78, 5) is 22.2. The van der Waals surface area contributed by atoms with Crippen molar-refractivity contribution in [2.75, 3.05) is 11.3 Å². The van der Waals surface area contributed by atoms with Crippen molar-refractivity contribution < 1.29 is 19.4 Å². The zero-order chi connectivity index (χ0) is 13.0. The number of hydrogen-bond donors (Lipinski definition) is 3. The van der Waals surface area contributed by atoms with E-state index in [2.05, 4.69) is 14.8 Å². The van der Waals surface area contributed by atoms with Crippen LogP contribution >= 0.6 is 11.9 Å². The lowest BCUT2D eigenvalue weighted by Crippen LogP contribution is -2.20. The van der Waals surface area contributed by atoms with Crippen molar-refractivity contribution in [1.82, 2.24) is 5.32 Å². The molecule has 94 valence electrons. The van der Waals surface area contributed by atoms with Crippen molar-refractivity contribution in [2.45, 2.75) is 0 Å². The number of cyclic esters (lactones) is 1. The number of carbonyl (C=O) groups is 2. The Balaban J connectivity index is 1.80. The summed E-state index contributed by atoms with van der Waals surface area (Å²) >= 11 is 0.834. The van der Waals surface area contributed by atoms with Gasteiger partial charge in [0, 0.05) is 23.7 Å². The molecule has 0 fully saturated rings. The van der Waals surface area contributed by atoms with Gasteiger partial charge in [-0.15, -0.1) is 0 Å². The van der Waals surface area contributed by atoms with Crippen LogP contribution in [-0.4, -0.2) is 22.9 Å². The van der Waals surface area contributed by atoms with Crippen LogP contribution < -0.4 is 10.0 Å². The number of amides is 1. The average Bonchev–Trinajstić information content (AvgIpc) is 2.74. The van der Waals surface area contributed by atoms with Crippen molar-refractivity contribution in [3.05, 3.63) is 36.0 Å². The van der Waals surface area contributed by atoms with Crippen LogP contribution in [-0.2, 0) is 9.53 Å². The molecule has 1 aromatic carbocycles. The Kier molecular flexibility index (Phi) is 3.73. The maximum atomic E-state index is 11.5. The number of anilines is 1. The lowest BCUT2D eigenvalue weighted by atomic mass is 10.3. The van der Waals surface area contributed by atoms with Gasteiger partial charge in [0.1, 0.15) is 12.4 Å². The molecule has 1 amide bonds. The predicted molar refractivity (Wildman–Crippen MR) is 66.9 cm³/mol. The summed E-state index contributed by atoms with van der Waals surface area (Å²) in [5.74, 6) is -0.302. The molecule has 0 radical (unpaired) electrons. The van der Waals surface area contributed by atoms with Gasteiger partial charge >= 0.3 is 11.2 Å². The molecule has 0 bridgehead atoms. The first-order valence-corrected chi connectivity index (χ1v) is 5.85. The highest BCUT2D eigenvalue weighted by atomic mass is 32.2. The molecule has 1 aromatic rings. The number of phenols is 1. The van der Waals surface area contributed by atoms with Gasteiger partial charge in [-0.25, -0.2) is 4.79 Å². The van der Waals surface area contributed by atoms with Crippen molar-refractivity contribution in [3.8, 4) is 5.75 Å². The van der Waals surface area contributed by atoms with Gasteiger partial charge in [0.2, 0.25) is 0 Å². The third kappa shape index (κ3) is 3.42. The molecule has 1 aliphatic heterocycles. The summed E-state index contributed by atoms with van der Waals surface area (Å²) in [6.07, 6.45) is 1.24. The first kappa shape index (κ1) is 12.3. The monoisotopic (exact) mass is 266 g/mol. The van der Waals surface area contributed by atoms with Gasteiger partial charge in [-0.3, -0.25) is 4.79 Å². The topological polar surface area (TPSA) is 87.7 Å². The third-order valence-corrected chi connectivity index (χ3v) is 2.68. The minimum atomic E-state index is -0.457. The predicted octanol–water partition coefficient (Wildman–Crippen LogP) is 1.60. The number of ether oxygens (including phenoxy) is 1. The second-order valence-corrected chi connectivity index (χ2v) is 4.22. The van der Waals surface area contributed by atoms with Crippen LogP contribution in [0.5, 0.6) is 5.75 Å². The molecule has 0 unspecified atom stereocenters. The molecule has 1 heterocycles. The molecule has 0 aromatic heterocycles. The van der Waals surface area contributed by atoms with E-state index in [1.165, 1.54) is 18.2 Å². The van der Waals surface area contributed by atoms with Crippen molar-refractivity contribution in [2.24, 2.45) is 0 Å². The highest BCUT2D eigenvalue weighted by molar-refractivity contribution is 8.14. The van der Waals surface area contributed by atoms with E-state index >= 15 is 0 Å². The Hall–Kier alpha value is -2.15. The second kappa shape index (κ2) is 5.46. The normalized spacial score (nSPS) is 13.8. The maximum absolute atomic E-state index is 11.5. The fourth-order valence-corrected chi connectivity index (χ4v) is 1.77. The van der Waals surface area contributed by atoms with E-state index < -0.39 is 5.97 Å². The molecule has 0 aliphatic carbocycles. The zero-order valence-corrected chi connectivity index (χ0v) is 9.99. The quantitative estimate of drug-likeness (QED) is 0.437. The Morgan fingerprint density at radius 2 is 2.06 bits per heavy atom. The van der Waals surface area contributed by atoms with Gasteiger partial charge in [-0.1, -0.05) is 0 Å². The fourth-order valence-electron chi connectivity index (χ4n) is 1.24. The molecule has 6 nitrogen and oxygen atoms in total. The number of phenolic OH excluding ortho intramolecular Hbond substituents is 1. The van der Waals surface area contributed by atoms with E-state index in [0.29, 0.717) is 11.4 Å². The van der Waals surface area contributed by atoms with E-state index in [1.54, 1.807) is 12.1 Å². The molecule has 0 saturated carbocycles. The first-order chi connectivity index (χ1) is 8.63. The molecular weight excluding hydrogens is 256 g/mol. The summed E-state index contributed by atoms with van der Waals surface area (Å²) in [5, 5.41) is 11.2. The highest BCUT2D eigenvalue weighted by Crippen LogP contribution is 2.17. The standard InChI is InChI=1S/C11H10N2O4S/c14-9-3-1-7(2-4-9)13-18-11(16)12-8-5-10(15)17-6-8/h1-5,13-14H,6H2,(H,12,16). The minimum Gasteiger partial charge on any atom is -0.508 e. The Bertz CT molecular complexity index is 498. The minimum absolute atomic E-state index is 0.0876. The number of carbonyl (C=O) groups excluding carboxylic acids is 2. The van der Waals surface area contributed by atoms with Gasteiger partial charge in [-0.05, 0) is 24.3 Å². The van der Waals surface area contributed by atoms with Crippen molar-refractivity contribution >= 4 is 28.8 Å². The van der Waals surface area contributed by atoms with Gasteiger partial charge in [-0.2, -0.15) is 0 Å². The van der Waals surface area contributed by atoms with E-state index in [0.717, 1.165) is 11.9 Å². The number of rotatable bonds is 3. The van der Waals surface area contributed by atoms with Crippen LogP contribution in [0.3, 0.4) is 0 Å². The smallest absolute Gasteiger partial charge is 0.333 e. The molecule has 0 atom stereocenters. The molecular formula is C11H10N2O4S. The second-order valence-electron chi connectivity index (χ2n) is 3.44. The Labute approximate surface area is 107 Å². The van der Waals surface area contributed by atoms with Crippen molar-refractivity contribution in [1.29, 1.82) is 0 Å². The van der Waals surface area contributed by atoms with E-state index in [1.807, 2.05) is 0 Å². The Morgan fingerprint density at radius 3 is 2.67 bits per heavy atom. The number of esters is 1. The fraction of sp³-hybridized carbons (Fsp3) is 0.0909. The molecule has 0 spiro atoms. The van der Waals surface area contributed by atoms with Crippen LogP contribution in [0.1, 0.15) is 0 Å². The molecule has 2 rings (SSSR count). The van der Waals surface area contributed by atoms with Crippen LogP contribution in [0.15, 0.2) is 36.0 Å². The Morgan fingerprint density at radius 1 is 1.33 bits per heavy atom. The van der Waals surface area contributed by atoms with Crippen LogP contribution in [0.25, 0.3) is 0 Å². The summed E-state index contributed by atoms with van der Waals surface area (Å²) in [6.45, 7) is 0.0876. The van der Waals surface area contributed by atoms with Crippen molar-refractivity contribution in [3.63, 3.8) is 0 Å². The summed E-state index contributed by atoms with van der Waals surface area (Å²) in [6, 6.07) is 6.29. The average molecular weight is 266 g/mol. The maximum Gasteiger partial charge on any atom is 0.333 e. The van der Waals surface area contributed by atoms with Crippen LogP contribution in [0.2, 0.25) is 0 Å². The van der Waals surface area contributed by atoms with Crippen LogP contribution in [0.4, 0.5) is 10.5 Å². The van der Waals surface area contributed by atoms with E-state index in [9.17, 15) is 9.59 Å². The number of nitrogens with one attached hydrogen (secondary N) is 2. The molecule has 0 saturated heterocycles. The van der Waals surface area contributed by atoms with Gasteiger partial charge in [0.05, 0.1) is 5.70 Å². The first-order valence-electron chi connectivity index (χ1n) is 5.04. The molecule has 18 heavy (non-hydrogen) atoms. The van der Waals surface area contributed by atoms with Gasteiger partial charge in [0.25, 0.3) is 0 Å². The summed E-state index contributed by atoms with van der Waals surface area (Å²) < 4.78 is 7.44. The van der Waals surface area contributed by atoms with E-state index in [-0.39, 0.29) is 17.6 Å². The third-order valence-electron chi connectivity index (χ3n) is 2.05. The summed E-state index contributed by atoms with van der Waals surface area (Å²) in [5.41, 5.74) is 1.12. The molecule has 3 N–H and O–H groups in total. The van der Waals surface area contributed by atoms with Gasteiger partial charge < -0.3 is 19.9 Å². The lowest BCUT2D eigenvalue weighted by Gasteiger charge is -2.06. The molecule has 1 aliphatic rings. The number of aromatic hydroxyl groups is 1. The van der Waals surface area contributed by atoms with Gasteiger partial charge in [0.15, 0.2) is 0 Å². The highest BCUT2D eigenvalue weighted by Gasteiger charge is 2.15. The van der Waals surface area contributed by atoms with Crippen LogP contribution in [0, 0.1) is 0 Å². The zero-order valence-electron chi connectivity index (χ0n) is 9.17. The van der Waals surface area contributed by atoms with E-state index in [4.69, 9.17) is 5.11 Å². The molecule has 7 heteroatoms. The lowest BCUT2D eigenvalue weighted by molar-refractivity contribution is -0.134.